The van der Waals surface area contributed by atoms with Crippen LogP contribution in [-0.2, 0) is 0 Å². The van der Waals surface area contributed by atoms with Gasteiger partial charge in [0.1, 0.15) is 0 Å². The molecular weight excluding hydrogens is 467 g/mol. The van der Waals surface area contributed by atoms with Gasteiger partial charge in [-0.05, 0) is 56.8 Å². The van der Waals surface area contributed by atoms with Gasteiger partial charge in [0.25, 0.3) is 0 Å². The zero-order valence-corrected chi connectivity index (χ0v) is 18.3. The van der Waals surface area contributed by atoms with Crippen molar-refractivity contribution in [2.75, 3.05) is 12.9 Å². The molecule has 0 aromatic carbocycles. The van der Waals surface area contributed by atoms with Crippen molar-refractivity contribution in [1.29, 1.82) is 0 Å². The highest BCUT2D eigenvalue weighted by molar-refractivity contribution is 8.12. The molecule has 2 rings (SSSR count). The number of halogens is 9. The lowest BCUT2D eigenvalue weighted by molar-refractivity contribution is -0.381. The normalized spacial score (nSPS) is 31.3. The molecule has 2 aliphatic rings. The standard InChI is InChI=1S/C17H25F9N2S2/c1-10-4-11-6-12(5-10)8-13(2,7-11)27-9-29-28(3)30-17(25,26)15(20,21)14(18,19)16(22,23)24/h10-12,27H,4-9H2,1-3H3. The highest BCUT2D eigenvalue weighted by atomic mass is 32.2. The molecule has 0 spiro atoms. The lowest BCUT2D eigenvalue weighted by Gasteiger charge is -2.47. The van der Waals surface area contributed by atoms with Crippen molar-refractivity contribution < 1.29 is 39.5 Å². The van der Waals surface area contributed by atoms with E-state index in [0.717, 1.165) is 39.2 Å². The zero-order chi connectivity index (χ0) is 23.2. The van der Waals surface area contributed by atoms with Gasteiger partial charge in [0.05, 0.1) is 5.88 Å². The lowest BCUT2D eigenvalue weighted by Crippen LogP contribution is -2.60. The van der Waals surface area contributed by atoms with Crippen LogP contribution in [0.15, 0.2) is 0 Å². The third-order valence-electron chi connectivity index (χ3n) is 5.72. The van der Waals surface area contributed by atoms with Gasteiger partial charge < -0.3 is 5.32 Å². The Morgan fingerprint density at radius 3 is 1.87 bits per heavy atom. The minimum absolute atomic E-state index is 0.0201. The van der Waals surface area contributed by atoms with Gasteiger partial charge in [-0.3, -0.25) is 0 Å². The molecule has 0 saturated heterocycles. The molecule has 0 radical (unpaired) electrons. The molecular formula is C17H25F9N2S2. The molecule has 1 N–H and O–H groups in total. The summed E-state index contributed by atoms with van der Waals surface area (Å²) in [6.07, 6.45) is -1.72. The number of hydrogen-bond acceptors (Lipinski definition) is 4. The van der Waals surface area contributed by atoms with E-state index in [4.69, 9.17) is 0 Å². The summed E-state index contributed by atoms with van der Waals surface area (Å²) >= 11 is -0.449. The summed E-state index contributed by atoms with van der Waals surface area (Å²) in [5.41, 5.74) is -0.276. The Kier molecular flexibility index (Phi) is 7.64. The molecule has 0 heterocycles. The van der Waals surface area contributed by atoms with Crippen molar-refractivity contribution in [2.45, 2.75) is 74.8 Å². The molecule has 2 aliphatic carbocycles. The van der Waals surface area contributed by atoms with Gasteiger partial charge in [-0.1, -0.05) is 18.9 Å². The largest absolute Gasteiger partial charge is 0.460 e. The maximum absolute atomic E-state index is 13.7. The molecule has 2 nitrogen and oxygen atoms in total. The van der Waals surface area contributed by atoms with Gasteiger partial charge >= 0.3 is 23.3 Å². The van der Waals surface area contributed by atoms with Crippen LogP contribution in [0, 0.1) is 17.8 Å². The van der Waals surface area contributed by atoms with E-state index in [0.29, 0.717) is 33.4 Å². The van der Waals surface area contributed by atoms with Crippen molar-refractivity contribution in [3.8, 4) is 0 Å². The monoisotopic (exact) mass is 492 g/mol. The summed E-state index contributed by atoms with van der Waals surface area (Å²) in [4.78, 5) is 0. The molecule has 0 aromatic heterocycles. The third-order valence-corrected chi connectivity index (χ3v) is 7.64. The quantitative estimate of drug-likeness (QED) is 0.228. The van der Waals surface area contributed by atoms with Crippen molar-refractivity contribution in [3.05, 3.63) is 0 Å². The SMILES string of the molecule is CC1CC2CC(C1)CC(C)(NCSN(C)SC(F)(F)C(F)(F)C(F)(F)C(F)(F)F)C2. The lowest BCUT2D eigenvalue weighted by atomic mass is 9.63. The minimum Gasteiger partial charge on any atom is -0.301 e. The molecule has 2 bridgehead atoms. The van der Waals surface area contributed by atoms with E-state index < -0.39 is 35.2 Å². The molecule has 2 fully saturated rings. The van der Waals surface area contributed by atoms with Crippen molar-refractivity contribution in [2.24, 2.45) is 17.8 Å². The molecule has 13 heteroatoms. The summed E-state index contributed by atoms with van der Waals surface area (Å²) in [6.45, 7) is 4.19. The van der Waals surface area contributed by atoms with Crippen LogP contribution in [0.5, 0.6) is 0 Å². The average molecular weight is 493 g/mol. The highest BCUT2D eigenvalue weighted by Crippen LogP contribution is 2.57. The second kappa shape index (κ2) is 8.74. The molecule has 30 heavy (non-hydrogen) atoms. The summed E-state index contributed by atoms with van der Waals surface area (Å²) in [7, 11) is 0.909. The van der Waals surface area contributed by atoms with Gasteiger partial charge in [0.2, 0.25) is 0 Å². The number of nitrogens with zero attached hydrogens (tertiary/aromatic N) is 1. The second-order valence-corrected chi connectivity index (χ2v) is 11.2. The number of alkyl halides is 9. The van der Waals surface area contributed by atoms with Gasteiger partial charge in [0.15, 0.2) is 0 Å². The Bertz CT molecular complexity index is 582. The van der Waals surface area contributed by atoms with Crippen molar-refractivity contribution in [3.63, 3.8) is 0 Å². The van der Waals surface area contributed by atoms with Crippen molar-refractivity contribution >= 4 is 23.9 Å². The fraction of sp³-hybridized carbons (Fsp3) is 1.00. The van der Waals surface area contributed by atoms with Crippen molar-refractivity contribution in [1.82, 2.24) is 9.03 Å². The first-order valence-electron chi connectivity index (χ1n) is 9.41. The molecule has 2 unspecified atom stereocenters. The van der Waals surface area contributed by atoms with E-state index in [2.05, 4.69) is 12.2 Å². The predicted octanol–water partition coefficient (Wildman–Crippen LogP) is 6.79. The Morgan fingerprint density at radius 1 is 0.900 bits per heavy atom. The molecule has 0 aliphatic heterocycles. The third kappa shape index (κ3) is 5.48. The van der Waals surface area contributed by atoms with E-state index in [-0.39, 0.29) is 11.4 Å². The minimum atomic E-state index is -6.87. The maximum atomic E-state index is 13.7. The smallest absolute Gasteiger partial charge is 0.301 e. The average Bonchev–Trinajstić information content (AvgIpc) is 2.51. The van der Waals surface area contributed by atoms with Gasteiger partial charge in [-0.2, -0.15) is 43.2 Å². The molecule has 2 saturated carbocycles. The molecule has 0 aromatic rings. The number of nitrogens with one attached hydrogen (secondary N) is 1. The van der Waals surface area contributed by atoms with Crippen LogP contribution in [0.2, 0.25) is 0 Å². The fourth-order valence-corrected chi connectivity index (χ4v) is 6.45. The zero-order valence-electron chi connectivity index (χ0n) is 16.6. The van der Waals surface area contributed by atoms with Crippen LogP contribution in [-0.4, -0.2) is 45.4 Å². The maximum Gasteiger partial charge on any atom is 0.460 e. The molecule has 178 valence electrons. The van der Waals surface area contributed by atoms with Crippen LogP contribution in [0.25, 0.3) is 0 Å². The molecule has 2 atom stereocenters. The summed E-state index contributed by atoms with van der Waals surface area (Å²) in [5, 5.41) is -2.47. The van der Waals surface area contributed by atoms with E-state index in [1.807, 2.05) is 6.92 Å². The number of fused-ring (bicyclic) bond motifs is 2. The summed E-state index contributed by atoms with van der Waals surface area (Å²) < 4.78 is 117. The Hall–Kier alpha value is -0.0100. The highest BCUT2D eigenvalue weighted by Gasteiger charge is 2.82. The van der Waals surface area contributed by atoms with Crippen LogP contribution in [0.3, 0.4) is 0 Å². The molecule has 0 amide bonds. The second-order valence-electron chi connectivity index (χ2n) is 8.66. The predicted molar refractivity (Wildman–Crippen MR) is 99.5 cm³/mol. The topological polar surface area (TPSA) is 15.3 Å². The summed E-state index contributed by atoms with van der Waals surface area (Å²) in [6, 6.07) is 0. The number of hydrogen-bond donors (Lipinski definition) is 1. The van der Waals surface area contributed by atoms with E-state index in [1.54, 1.807) is 0 Å². The van der Waals surface area contributed by atoms with E-state index >= 15 is 0 Å². The van der Waals surface area contributed by atoms with Crippen LogP contribution in [0.4, 0.5) is 39.5 Å². The van der Waals surface area contributed by atoms with Crippen LogP contribution < -0.4 is 5.32 Å². The fourth-order valence-electron chi connectivity index (χ4n) is 4.64. The first-order valence-corrected chi connectivity index (χ1v) is 11.1. The van der Waals surface area contributed by atoms with E-state index in [1.165, 1.54) is 0 Å². The summed E-state index contributed by atoms with van der Waals surface area (Å²) in [5.74, 6) is -11.7. The van der Waals surface area contributed by atoms with Gasteiger partial charge in [-0.15, -0.1) is 0 Å². The first kappa shape index (κ1) is 26.2. The van der Waals surface area contributed by atoms with Gasteiger partial charge in [0, 0.05) is 24.5 Å². The van der Waals surface area contributed by atoms with Crippen LogP contribution in [0.1, 0.15) is 46.0 Å². The van der Waals surface area contributed by atoms with Crippen LogP contribution >= 0.6 is 23.9 Å². The van der Waals surface area contributed by atoms with Gasteiger partial charge in [-0.25, -0.2) is 0 Å². The number of rotatable bonds is 8. The Balaban J connectivity index is 1.90. The van der Waals surface area contributed by atoms with E-state index in [9.17, 15) is 39.5 Å². The Labute approximate surface area is 178 Å². The first-order chi connectivity index (χ1) is 13.4. The Morgan fingerprint density at radius 2 is 1.40 bits per heavy atom.